The van der Waals surface area contributed by atoms with Crippen LogP contribution in [0.1, 0.15) is 25.0 Å². The predicted molar refractivity (Wildman–Crippen MR) is 232 cm³/mol. The third-order valence-electron chi connectivity index (χ3n) is 11.7. The second-order valence-corrected chi connectivity index (χ2v) is 15.3. The molecule has 2 heterocycles. The Morgan fingerprint density at radius 3 is 1.84 bits per heavy atom. The minimum atomic E-state index is -0.0973. The molecular weight excluding hydrogens is 681 g/mol. The Morgan fingerprint density at radius 1 is 0.375 bits per heavy atom. The van der Waals surface area contributed by atoms with Crippen LogP contribution in [0.4, 0.5) is 0 Å². The van der Waals surface area contributed by atoms with E-state index in [2.05, 4.69) is 166 Å². The van der Waals surface area contributed by atoms with Gasteiger partial charge in [0.2, 0.25) is 0 Å². The van der Waals surface area contributed by atoms with Crippen molar-refractivity contribution in [2.45, 2.75) is 19.3 Å². The van der Waals surface area contributed by atoms with Crippen LogP contribution < -0.4 is 0 Å². The van der Waals surface area contributed by atoms with Crippen molar-refractivity contribution in [1.29, 1.82) is 0 Å². The Hall–Kier alpha value is -7.10. The van der Waals surface area contributed by atoms with Crippen molar-refractivity contribution in [3.8, 4) is 67.3 Å². The molecule has 1 aliphatic rings. The molecule has 0 N–H and O–H groups in total. The second kappa shape index (κ2) is 12.5. The zero-order chi connectivity index (χ0) is 37.4. The molecule has 0 amide bonds. The second-order valence-electron chi connectivity index (χ2n) is 15.3. The van der Waals surface area contributed by atoms with Crippen molar-refractivity contribution in [1.82, 2.24) is 9.97 Å². The largest absolute Gasteiger partial charge is 0.456 e. The third-order valence-corrected chi connectivity index (χ3v) is 11.7. The zero-order valence-electron chi connectivity index (χ0n) is 31.1. The normalized spacial score (nSPS) is 13.0. The van der Waals surface area contributed by atoms with Crippen LogP contribution in [0.3, 0.4) is 0 Å². The molecule has 0 fully saturated rings. The van der Waals surface area contributed by atoms with Gasteiger partial charge in [-0.2, -0.15) is 0 Å². The summed E-state index contributed by atoms with van der Waals surface area (Å²) in [6, 6.07) is 64.8. The lowest BCUT2D eigenvalue weighted by Crippen LogP contribution is -2.16. The lowest BCUT2D eigenvalue weighted by atomic mass is 9.78. The van der Waals surface area contributed by atoms with Gasteiger partial charge in [-0.25, -0.2) is 9.97 Å². The van der Waals surface area contributed by atoms with Crippen molar-refractivity contribution >= 4 is 32.7 Å². The number of rotatable bonds is 5. The Balaban J connectivity index is 1.06. The van der Waals surface area contributed by atoms with E-state index in [1.54, 1.807) is 0 Å². The van der Waals surface area contributed by atoms with Gasteiger partial charge < -0.3 is 4.42 Å². The van der Waals surface area contributed by atoms with Gasteiger partial charge in [0, 0.05) is 32.9 Å². The van der Waals surface area contributed by atoms with Crippen LogP contribution in [0, 0.1) is 0 Å². The molecule has 3 nitrogen and oxygen atoms in total. The van der Waals surface area contributed by atoms with Crippen LogP contribution in [-0.2, 0) is 5.41 Å². The number of nitrogens with zero attached hydrogens (tertiary/aromatic N) is 2. The van der Waals surface area contributed by atoms with Gasteiger partial charge in [-0.3, -0.25) is 0 Å². The first-order valence-corrected chi connectivity index (χ1v) is 19.2. The Labute approximate surface area is 325 Å². The van der Waals surface area contributed by atoms with Gasteiger partial charge in [0.05, 0.1) is 11.4 Å². The maximum absolute atomic E-state index is 6.17. The minimum Gasteiger partial charge on any atom is -0.456 e. The van der Waals surface area contributed by atoms with E-state index in [0.29, 0.717) is 5.82 Å². The number of hydrogen-bond donors (Lipinski definition) is 0. The first-order chi connectivity index (χ1) is 27.5. The summed E-state index contributed by atoms with van der Waals surface area (Å²) in [5, 5.41) is 4.50. The predicted octanol–water partition coefficient (Wildman–Crippen LogP) is 14.2. The Bertz CT molecular complexity index is 3170. The molecular formula is C53H36N2O. The molecule has 0 spiro atoms. The van der Waals surface area contributed by atoms with Gasteiger partial charge in [0.1, 0.15) is 11.2 Å². The molecule has 3 heteroatoms. The summed E-state index contributed by atoms with van der Waals surface area (Å²) in [5.41, 5.74) is 16.8. The zero-order valence-corrected chi connectivity index (χ0v) is 31.1. The number of benzene rings is 8. The molecule has 0 unspecified atom stereocenters. The first-order valence-electron chi connectivity index (χ1n) is 19.2. The van der Waals surface area contributed by atoms with Crippen molar-refractivity contribution < 1.29 is 4.42 Å². The summed E-state index contributed by atoms with van der Waals surface area (Å²) in [6.45, 7) is 4.72. The van der Waals surface area contributed by atoms with Crippen LogP contribution in [0.15, 0.2) is 186 Å². The van der Waals surface area contributed by atoms with E-state index >= 15 is 0 Å². The summed E-state index contributed by atoms with van der Waals surface area (Å²) in [7, 11) is 0. The highest BCUT2D eigenvalue weighted by Gasteiger charge is 2.37. The average molecular weight is 717 g/mol. The summed E-state index contributed by atoms with van der Waals surface area (Å²) in [4.78, 5) is 10.4. The van der Waals surface area contributed by atoms with Gasteiger partial charge in [0.25, 0.3) is 0 Å². The highest BCUT2D eigenvalue weighted by Crippen LogP contribution is 2.52. The molecule has 0 saturated carbocycles. The topological polar surface area (TPSA) is 38.9 Å². The molecule has 264 valence electrons. The summed E-state index contributed by atoms with van der Waals surface area (Å²) in [5.74, 6) is 0.691. The number of hydrogen-bond acceptors (Lipinski definition) is 3. The van der Waals surface area contributed by atoms with Crippen molar-refractivity contribution in [2.24, 2.45) is 0 Å². The number of furan rings is 1. The minimum absolute atomic E-state index is 0.0973. The Kier molecular flexibility index (Phi) is 7.20. The number of fused-ring (bicyclic) bond motifs is 7. The SMILES string of the molecule is CC1(C)c2ccccc2-c2cccc(-c3cccc(-c4ccc(-c5cc(-c6ccc7oc8ccccc8c7c6)nc(-c6ccccc6)n5)c5ccccc45)c3)c21. The van der Waals surface area contributed by atoms with E-state index in [1.807, 2.05) is 30.3 Å². The van der Waals surface area contributed by atoms with E-state index in [1.165, 1.54) is 49.9 Å². The van der Waals surface area contributed by atoms with Crippen LogP contribution in [0.2, 0.25) is 0 Å². The fourth-order valence-electron chi connectivity index (χ4n) is 9.05. The van der Waals surface area contributed by atoms with Gasteiger partial charge >= 0.3 is 0 Å². The smallest absolute Gasteiger partial charge is 0.160 e. The molecule has 0 radical (unpaired) electrons. The van der Waals surface area contributed by atoms with Gasteiger partial charge in [-0.15, -0.1) is 0 Å². The van der Waals surface area contributed by atoms with Crippen molar-refractivity contribution in [3.05, 3.63) is 193 Å². The van der Waals surface area contributed by atoms with Crippen LogP contribution >= 0.6 is 0 Å². The quantitative estimate of drug-likeness (QED) is 0.178. The fourth-order valence-corrected chi connectivity index (χ4v) is 9.05. The number of aromatic nitrogens is 2. The van der Waals surface area contributed by atoms with E-state index in [0.717, 1.165) is 55.4 Å². The molecule has 2 aromatic heterocycles. The summed E-state index contributed by atoms with van der Waals surface area (Å²) < 4.78 is 6.17. The molecule has 1 aliphatic carbocycles. The van der Waals surface area contributed by atoms with Crippen LogP contribution in [-0.4, -0.2) is 9.97 Å². The first kappa shape index (κ1) is 32.3. The average Bonchev–Trinajstić information content (AvgIpc) is 3.75. The third kappa shape index (κ3) is 5.05. The standard InChI is InChI=1S/C53H36N2O/c1-53(2)46-24-10-8-20-41(46)44-23-13-22-38(51(44)53)35-17-12-16-34(30-35)37-27-28-42(40-19-7-6-18-39(37)40)48-32-47(54-52(55-48)33-14-4-3-5-15-33)36-26-29-50-45(31-36)43-21-9-11-25-49(43)56-50/h3-32H,1-2H3. The lowest BCUT2D eigenvalue weighted by molar-refractivity contribution is 0.662. The van der Waals surface area contributed by atoms with Gasteiger partial charge in [-0.1, -0.05) is 159 Å². The maximum Gasteiger partial charge on any atom is 0.160 e. The summed E-state index contributed by atoms with van der Waals surface area (Å²) in [6.07, 6.45) is 0. The maximum atomic E-state index is 6.17. The van der Waals surface area contributed by atoms with E-state index in [-0.39, 0.29) is 5.41 Å². The van der Waals surface area contributed by atoms with Crippen LogP contribution in [0.5, 0.6) is 0 Å². The lowest BCUT2D eigenvalue weighted by Gasteiger charge is -2.24. The molecule has 10 aromatic rings. The van der Waals surface area contributed by atoms with E-state index in [4.69, 9.17) is 14.4 Å². The fraction of sp³-hybridized carbons (Fsp3) is 0.0566. The van der Waals surface area contributed by atoms with Crippen LogP contribution in [0.25, 0.3) is 100.0 Å². The molecule has 8 aromatic carbocycles. The highest BCUT2D eigenvalue weighted by atomic mass is 16.3. The molecule has 0 aliphatic heterocycles. The Morgan fingerprint density at radius 2 is 0.982 bits per heavy atom. The van der Waals surface area contributed by atoms with E-state index < -0.39 is 0 Å². The van der Waals surface area contributed by atoms with Crippen molar-refractivity contribution in [2.75, 3.05) is 0 Å². The van der Waals surface area contributed by atoms with Gasteiger partial charge in [-0.05, 0) is 91.7 Å². The summed E-state index contributed by atoms with van der Waals surface area (Å²) >= 11 is 0. The molecule has 11 rings (SSSR count). The van der Waals surface area contributed by atoms with E-state index in [9.17, 15) is 0 Å². The molecule has 0 atom stereocenters. The molecule has 0 bridgehead atoms. The molecule has 0 saturated heterocycles. The highest BCUT2D eigenvalue weighted by molar-refractivity contribution is 6.07. The van der Waals surface area contributed by atoms with Gasteiger partial charge in [0.15, 0.2) is 5.82 Å². The van der Waals surface area contributed by atoms with Crippen molar-refractivity contribution in [3.63, 3.8) is 0 Å². The monoisotopic (exact) mass is 716 g/mol. The molecule has 56 heavy (non-hydrogen) atoms. The number of para-hydroxylation sites is 1.